The summed E-state index contributed by atoms with van der Waals surface area (Å²) in [7, 11) is 0. The van der Waals surface area contributed by atoms with Crippen molar-refractivity contribution in [1.82, 2.24) is 0 Å². The van der Waals surface area contributed by atoms with Crippen molar-refractivity contribution in [2.45, 2.75) is 83.6 Å². The zero-order chi connectivity index (χ0) is 28.7. The summed E-state index contributed by atoms with van der Waals surface area (Å²) in [4.78, 5) is 28.3. The van der Waals surface area contributed by atoms with Gasteiger partial charge in [0.2, 0.25) is 5.91 Å². The van der Waals surface area contributed by atoms with Gasteiger partial charge in [0, 0.05) is 29.8 Å². The first-order valence-electron chi connectivity index (χ1n) is 14.1. The second kappa shape index (κ2) is 13.1. The Labute approximate surface area is 237 Å². The van der Waals surface area contributed by atoms with Gasteiger partial charge in [0.1, 0.15) is 5.60 Å². The molecule has 0 radical (unpaired) electrons. The molecule has 1 aliphatic rings. The van der Waals surface area contributed by atoms with Crippen LogP contribution < -0.4 is 16.0 Å². The van der Waals surface area contributed by atoms with E-state index in [-0.39, 0.29) is 37.1 Å². The number of anilines is 2. The minimum absolute atomic E-state index is 0.0300. The lowest BCUT2D eigenvalue weighted by molar-refractivity contribution is -0.116. The molecule has 40 heavy (non-hydrogen) atoms. The fraction of sp³-hybridized carbons (Fsp3) is 0.394. The molecular formula is C33H41N3O4. The Balaban J connectivity index is 1.63. The number of carbonyl (C=O) groups excluding carboxylic acids is 2. The highest BCUT2D eigenvalue weighted by molar-refractivity contribution is 5.95. The molecule has 4 rings (SSSR count). The first-order valence-corrected chi connectivity index (χ1v) is 14.1. The van der Waals surface area contributed by atoms with E-state index >= 15 is 0 Å². The van der Waals surface area contributed by atoms with Gasteiger partial charge in [-0.1, -0.05) is 54.6 Å². The molecule has 0 aromatic heterocycles. The van der Waals surface area contributed by atoms with Crippen molar-refractivity contribution in [3.05, 3.63) is 83.9 Å². The third-order valence-corrected chi connectivity index (χ3v) is 7.16. The predicted octanol–water partition coefficient (Wildman–Crippen LogP) is 6.43. The Morgan fingerprint density at radius 1 is 0.950 bits per heavy atom. The average molecular weight is 544 g/mol. The molecular weight excluding hydrogens is 502 g/mol. The number of nitrogens with one attached hydrogen (secondary N) is 1. The van der Waals surface area contributed by atoms with Crippen LogP contribution in [-0.4, -0.2) is 34.8 Å². The summed E-state index contributed by atoms with van der Waals surface area (Å²) in [5.41, 5.74) is 10.8. The van der Waals surface area contributed by atoms with Crippen LogP contribution >= 0.6 is 0 Å². The summed E-state index contributed by atoms with van der Waals surface area (Å²) in [5.74, 6) is -0.101. The van der Waals surface area contributed by atoms with Crippen LogP contribution in [0.4, 0.5) is 16.2 Å². The Bertz CT molecular complexity index is 1280. The first kappa shape index (κ1) is 29.3. The maximum atomic E-state index is 13.7. The van der Waals surface area contributed by atoms with Crippen LogP contribution in [0.5, 0.6) is 0 Å². The van der Waals surface area contributed by atoms with Crippen LogP contribution in [0.3, 0.4) is 0 Å². The lowest BCUT2D eigenvalue weighted by Crippen LogP contribution is -2.46. The lowest BCUT2D eigenvalue weighted by Gasteiger charge is -2.38. The van der Waals surface area contributed by atoms with E-state index in [9.17, 15) is 14.7 Å². The van der Waals surface area contributed by atoms with Gasteiger partial charge >= 0.3 is 6.09 Å². The number of aliphatic hydroxyl groups is 1. The smallest absolute Gasteiger partial charge is 0.415 e. The average Bonchev–Trinajstić information content (AvgIpc) is 2.93. The molecule has 1 saturated carbocycles. The Morgan fingerprint density at radius 3 is 2.23 bits per heavy atom. The van der Waals surface area contributed by atoms with Crippen molar-refractivity contribution in [3.8, 4) is 11.1 Å². The van der Waals surface area contributed by atoms with Gasteiger partial charge in [0.05, 0.1) is 12.3 Å². The fourth-order valence-corrected chi connectivity index (χ4v) is 5.08. The monoisotopic (exact) mass is 543 g/mol. The molecule has 7 nitrogen and oxygen atoms in total. The summed E-state index contributed by atoms with van der Waals surface area (Å²) < 4.78 is 5.92. The largest absolute Gasteiger partial charge is 0.443 e. The molecule has 0 heterocycles. The molecule has 0 unspecified atom stereocenters. The summed E-state index contributed by atoms with van der Waals surface area (Å²) in [5, 5.41) is 12.2. The van der Waals surface area contributed by atoms with Crippen molar-refractivity contribution >= 4 is 23.4 Å². The molecule has 4 N–H and O–H groups in total. The topological polar surface area (TPSA) is 105 Å². The third kappa shape index (κ3) is 7.93. The minimum Gasteiger partial charge on any atom is -0.443 e. The summed E-state index contributed by atoms with van der Waals surface area (Å²) >= 11 is 0. The van der Waals surface area contributed by atoms with E-state index in [4.69, 9.17) is 10.5 Å². The number of aryl methyl sites for hydroxylation is 1. The number of benzene rings is 3. The van der Waals surface area contributed by atoms with Crippen LogP contribution in [0.2, 0.25) is 0 Å². The molecule has 0 aliphatic heterocycles. The molecule has 212 valence electrons. The van der Waals surface area contributed by atoms with Crippen molar-refractivity contribution in [3.63, 3.8) is 0 Å². The van der Waals surface area contributed by atoms with Crippen LogP contribution in [0.25, 0.3) is 11.1 Å². The van der Waals surface area contributed by atoms with E-state index in [1.165, 1.54) is 0 Å². The lowest BCUT2D eigenvalue weighted by atomic mass is 9.89. The highest BCUT2D eigenvalue weighted by atomic mass is 16.6. The third-order valence-electron chi connectivity index (χ3n) is 7.16. The van der Waals surface area contributed by atoms with E-state index in [1.807, 2.05) is 74.2 Å². The van der Waals surface area contributed by atoms with E-state index in [2.05, 4.69) is 5.32 Å². The molecule has 0 bridgehead atoms. The van der Waals surface area contributed by atoms with Gasteiger partial charge in [0.25, 0.3) is 0 Å². The molecule has 3 aromatic carbocycles. The molecule has 0 atom stereocenters. The number of hydrogen-bond acceptors (Lipinski definition) is 5. The molecule has 1 fully saturated rings. The molecule has 0 saturated heterocycles. The van der Waals surface area contributed by atoms with Gasteiger partial charge in [-0.05, 0) is 87.8 Å². The van der Waals surface area contributed by atoms with Gasteiger partial charge in [-0.3, -0.25) is 9.69 Å². The summed E-state index contributed by atoms with van der Waals surface area (Å²) in [6.45, 7) is 5.60. The summed E-state index contributed by atoms with van der Waals surface area (Å²) in [6, 6.07) is 23.4. The molecule has 2 amide bonds. The molecule has 7 heteroatoms. The normalized spacial score (nSPS) is 17.2. The number of nitrogens with two attached hydrogens (primary N) is 1. The van der Waals surface area contributed by atoms with Gasteiger partial charge in [-0.2, -0.15) is 0 Å². The fourth-order valence-electron chi connectivity index (χ4n) is 5.08. The highest BCUT2D eigenvalue weighted by Crippen LogP contribution is 2.37. The zero-order valence-corrected chi connectivity index (χ0v) is 23.7. The Hall–Kier alpha value is -3.68. The van der Waals surface area contributed by atoms with Crippen LogP contribution in [0.15, 0.2) is 72.8 Å². The van der Waals surface area contributed by atoms with E-state index in [0.29, 0.717) is 12.1 Å². The van der Waals surface area contributed by atoms with Crippen molar-refractivity contribution in [2.24, 2.45) is 5.73 Å². The van der Waals surface area contributed by atoms with Crippen LogP contribution in [0.1, 0.15) is 64.0 Å². The number of amides is 2. The Morgan fingerprint density at radius 2 is 1.60 bits per heavy atom. The molecule has 0 spiro atoms. The van der Waals surface area contributed by atoms with Crippen molar-refractivity contribution in [2.75, 3.05) is 10.2 Å². The van der Waals surface area contributed by atoms with Gasteiger partial charge in [0.15, 0.2) is 0 Å². The quantitative estimate of drug-likeness (QED) is 0.304. The second-order valence-corrected chi connectivity index (χ2v) is 11.5. The SMILES string of the molecule is CC(C)(C)OC(=O)N(c1cc(CCC(=O)Nc2ccc(CO)cc2)ccc1-c1ccccc1)C1CCC(N)CC1. The van der Waals surface area contributed by atoms with Gasteiger partial charge in [-0.25, -0.2) is 4.79 Å². The number of carbonyl (C=O) groups is 2. The molecule has 3 aromatic rings. The van der Waals surface area contributed by atoms with E-state index < -0.39 is 5.60 Å². The van der Waals surface area contributed by atoms with Gasteiger partial charge < -0.3 is 20.9 Å². The number of nitrogens with zero attached hydrogens (tertiary/aromatic N) is 1. The predicted molar refractivity (Wildman–Crippen MR) is 160 cm³/mol. The number of rotatable bonds is 8. The van der Waals surface area contributed by atoms with Gasteiger partial charge in [-0.15, -0.1) is 0 Å². The number of aliphatic hydroxyl groups excluding tert-OH is 1. The van der Waals surface area contributed by atoms with Crippen LogP contribution in [0, 0.1) is 0 Å². The van der Waals surface area contributed by atoms with Crippen molar-refractivity contribution in [1.29, 1.82) is 0 Å². The molecule has 1 aliphatic carbocycles. The number of ether oxygens (including phenoxy) is 1. The van der Waals surface area contributed by atoms with Crippen molar-refractivity contribution < 1.29 is 19.4 Å². The second-order valence-electron chi connectivity index (χ2n) is 11.5. The zero-order valence-electron chi connectivity index (χ0n) is 23.7. The first-order chi connectivity index (χ1) is 19.1. The minimum atomic E-state index is -0.640. The van der Waals surface area contributed by atoms with E-state index in [0.717, 1.165) is 53.6 Å². The van der Waals surface area contributed by atoms with E-state index in [1.54, 1.807) is 24.3 Å². The maximum Gasteiger partial charge on any atom is 0.415 e. The number of hydrogen-bond donors (Lipinski definition) is 3. The summed E-state index contributed by atoms with van der Waals surface area (Å²) in [6.07, 6.45) is 3.74. The maximum absolute atomic E-state index is 13.7. The van der Waals surface area contributed by atoms with Crippen LogP contribution in [-0.2, 0) is 22.6 Å². The standard InChI is InChI=1S/C33H41N3O4/c1-33(2,3)40-32(39)36(28-17-13-26(34)14-18-28)30-21-23(11-19-29(30)25-7-5-4-6-8-25)12-20-31(38)35-27-15-9-24(22-37)10-16-27/h4-11,15-16,19,21,26,28,37H,12-14,17-18,20,22,34H2,1-3H3,(H,35,38). The Kier molecular flexibility index (Phi) is 9.61. The highest BCUT2D eigenvalue weighted by Gasteiger charge is 2.33.